The van der Waals surface area contributed by atoms with Gasteiger partial charge in [0.2, 0.25) is 5.91 Å². The van der Waals surface area contributed by atoms with Gasteiger partial charge in [-0.1, -0.05) is 6.42 Å². The van der Waals surface area contributed by atoms with Crippen LogP contribution < -0.4 is 5.32 Å². The number of likely N-dealkylation sites (N-methyl/N-ethyl adjacent to an activating group) is 1. The van der Waals surface area contributed by atoms with Gasteiger partial charge in [-0.25, -0.2) is 0 Å². The lowest BCUT2D eigenvalue weighted by molar-refractivity contribution is -0.130. The van der Waals surface area contributed by atoms with Crippen molar-refractivity contribution in [3.05, 3.63) is 0 Å². The van der Waals surface area contributed by atoms with Gasteiger partial charge in [0.25, 0.3) is 0 Å². The molecule has 1 amide bonds. The van der Waals surface area contributed by atoms with Gasteiger partial charge in [0.05, 0.1) is 6.04 Å². The van der Waals surface area contributed by atoms with Gasteiger partial charge in [0, 0.05) is 25.4 Å². The van der Waals surface area contributed by atoms with Crippen LogP contribution in [0.1, 0.15) is 26.2 Å². The number of rotatable bonds is 5. The van der Waals surface area contributed by atoms with Gasteiger partial charge in [-0.2, -0.15) is 11.8 Å². The molecule has 0 aromatic carbocycles. The Kier molecular flexibility index (Phi) is 4.46. The Balaban J connectivity index is 2.33. The summed E-state index contributed by atoms with van der Waals surface area (Å²) in [7, 11) is 3.60. The van der Waals surface area contributed by atoms with Crippen molar-refractivity contribution in [1.82, 2.24) is 10.2 Å². The van der Waals surface area contributed by atoms with Crippen LogP contribution >= 0.6 is 11.8 Å². The molecule has 0 aliphatic heterocycles. The van der Waals surface area contributed by atoms with Crippen LogP contribution in [0.15, 0.2) is 0 Å². The lowest BCUT2D eigenvalue weighted by Gasteiger charge is -2.41. The van der Waals surface area contributed by atoms with Crippen molar-refractivity contribution in [2.24, 2.45) is 0 Å². The highest BCUT2D eigenvalue weighted by atomic mass is 32.2. The topological polar surface area (TPSA) is 32.3 Å². The number of amides is 1. The second kappa shape index (κ2) is 5.21. The van der Waals surface area contributed by atoms with Crippen LogP contribution in [-0.4, -0.2) is 48.5 Å². The molecule has 0 bridgehead atoms. The number of carbonyl (C=O) groups excluding carboxylic acids is 1. The number of nitrogens with one attached hydrogen (secondary N) is 1. The summed E-state index contributed by atoms with van der Waals surface area (Å²) < 4.78 is 0.404. The van der Waals surface area contributed by atoms with Crippen LogP contribution in [0, 0.1) is 0 Å². The summed E-state index contributed by atoms with van der Waals surface area (Å²) in [4.78, 5) is 13.3. The predicted molar refractivity (Wildman–Crippen MR) is 66.3 cm³/mol. The van der Waals surface area contributed by atoms with Crippen LogP contribution in [-0.2, 0) is 4.79 Å². The molecule has 1 rings (SSSR count). The minimum atomic E-state index is -0.0652. The maximum Gasteiger partial charge on any atom is 0.238 e. The maximum atomic E-state index is 11.6. The Bertz CT molecular complexity index is 221. The molecular weight excluding hydrogens is 208 g/mol. The average molecular weight is 230 g/mol. The van der Waals surface area contributed by atoms with E-state index in [1.165, 1.54) is 19.3 Å². The fourth-order valence-electron chi connectivity index (χ4n) is 1.84. The second-order valence-electron chi connectivity index (χ2n) is 4.58. The third-order valence-electron chi connectivity index (χ3n) is 3.24. The molecule has 3 nitrogen and oxygen atoms in total. The minimum Gasteiger partial charge on any atom is -0.347 e. The van der Waals surface area contributed by atoms with E-state index in [1.54, 1.807) is 19.0 Å². The van der Waals surface area contributed by atoms with E-state index in [1.807, 2.05) is 18.7 Å². The largest absolute Gasteiger partial charge is 0.347 e. The molecule has 1 aliphatic carbocycles. The molecule has 0 heterocycles. The first kappa shape index (κ1) is 12.8. The fraction of sp³-hybridized carbons (Fsp3) is 0.909. The Morgan fingerprint density at radius 2 is 2.13 bits per heavy atom. The van der Waals surface area contributed by atoms with E-state index in [-0.39, 0.29) is 11.9 Å². The average Bonchev–Trinajstić information content (AvgIpc) is 2.15. The van der Waals surface area contributed by atoms with Crippen LogP contribution in [0.4, 0.5) is 0 Å². The van der Waals surface area contributed by atoms with Crippen LogP contribution in [0.2, 0.25) is 0 Å². The van der Waals surface area contributed by atoms with Crippen LogP contribution in [0.3, 0.4) is 0 Å². The highest BCUT2D eigenvalue weighted by molar-refractivity contribution is 8.00. The van der Waals surface area contributed by atoms with Crippen LogP contribution in [0.5, 0.6) is 0 Å². The van der Waals surface area contributed by atoms with Crippen molar-refractivity contribution in [3.8, 4) is 0 Å². The zero-order valence-electron chi connectivity index (χ0n) is 10.2. The quantitative estimate of drug-likeness (QED) is 0.773. The van der Waals surface area contributed by atoms with Gasteiger partial charge in [0.15, 0.2) is 0 Å². The van der Waals surface area contributed by atoms with E-state index in [0.717, 1.165) is 6.54 Å². The van der Waals surface area contributed by atoms with Crippen molar-refractivity contribution >= 4 is 17.7 Å². The highest BCUT2D eigenvalue weighted by Gasteiger charge is 2.36. The summed E-state index contributed by atoms with van der Waals surface area (Å²) in [6, 6.07) is -0.0652. The fourth-order valence-corrected chi connectivity index (χ4v) is 2.76. The zero-order chi connectivity index (χ0) is 11.5. The number of hydrogen-bond acceptors (Lipinski definition) is 3. The second-order valence-corrected chi connectivity index (χ2v) is 5.85. The third kappa shape index (κ3) is 3.11. The summed E-state index contributed by atoms with van der Waals surface area (Å²) in [5, 5.41) is 3.35. The molecule has 0 spiro atoms. The number of thioether (sulfide) groups is 1. The number of hydrogen-bond donors (Lipinski definition) is 1. The first-order valence-electron chi connectivity index (χ1n) is 5.50. The molecular formula is C11H22N2OS. The highest BCUT2D eigenvalue weighted by Crippen LogP contribution is 2.42. The zero-order valence-corrected chi connectivity index (χ0v) is 11.0. The molecule has 88 valence electrons. The first-order chi connectivity index (χ1) is 7.01. The summed E-state index contributed by atoms with van der Waals surface area (Å²) in [6.45, 7) is 2.89. The molecule has 1 atom stereocenters. The van der Waals surface area contributed by atoms with E-state index in [0.29, 0.717) is 4.75 Å². The van der Waals surface area contributed by atoms with Crippen molar-refractivity contribution < 1.29 is 4.79 Å². The molecule has 0 radical (unpaired) electrons. The summed E-state index contributed by atoms with van der Waals surface area (Å²) in [6.07, 6.45) is 6.06. The molecule has 0 aromatic rings. The van der Waals surface area contributed by atoms with Gasteiger partial charge >= 0.3 is 0 Å². The SMILES string of the molecule is CSC1(CNC(C)C(=O)N(C)C)CCC1. The Morgan fingerprint density at radius 3 is 2.47 bits per heavy atom. The van der Waals surface area contributed by atoms with Gasteiger partial charge in [-0.05, 0) is 26.0 Å². The first-order valence-corrected chi connectivity index (χ1v) is 6.73. The third-order valence-corrected chi connectivity index (χ3v) is 4.66. The molecule has 1 saturated carbocycles. The van der Waals surface area contributed by atoms with E-state index in [9.17, 15) is 4.79 Å². The Morgan fingerprint density at radius 1 is 1.53 bits per heavy atom. The van der Waals surface area contributed by atoms with E-state index < -0.39 is 0 Å². The minimum absolute atomic E-state index is 0.0652. The smallest absolute Gasteiger partial charge is 0.238 e. The molecule has 0 aromatic heterocycles. The Labute approximate surface area is 97.0 Å². The van der Waals surface area contributed by atoms with Crippen molar-refractivity contribution in [2.75, 3.05) is 26.9 Å². The van der Waals surface area contributed by atoms with Crippen molar-refractivity contribution in [2.45, 2.75) is 37.0 Å². The van der Waals surface area contributed by atoms with E-state index in [2.05, 4.69) is 11.6 Å². The molecule has 15 heavy (non-hydrogen) atoms. The van der Waals surface area contributed by atoms with Gasteiger partial charge < -0.3 is 10.2 Å². The van der Waals surface area contributed by atoms with E-state index in [4.69, 9.17) is 0 Å². The molecule has 0 saturated heterocycles. The van der Waals surface area contributed by atoms with Gasteiger partial charge in [-0.3, -0.25) is 4.79 Å². The van der Waals surface area contributed by atoms with E-state index >= 15 is 0 Å². The standard InChI is InChI=1S/C11H22N2OS/c1-9(10(14)13(2)3)12-8-11(15-4)6-5-7-11/h9,12H,5-8H2,1-4H3. The van der Waals surface area contributed by atoms with Crippen LogP contribution in [0.25, 0.3) is 0 Å². The molecule has 1 aliphatic rings. The molecule has 1 unspecified atom stereocenters. The lowest BCUT2D eigenvalue weighted by Crippen LogP contribution is -2.50. The van der Waals surface area contributed by atoms with Crippen molar-refractivity contribution in [1.29, 1.82) is 0 Å². The Hall–Kier alpha value is -0.220. The number of nitrogens with zero attached hydrogens (tertiary/aromatic N) is 1. The summed E-state index contributed by atoms with van der Waals surface area (Å²) >= 11 is 1.93. The predicted octanol–water partition coefficient (Wildman–Crippen LogP) is 1.34. The lowest BCUT2D eigenvalue weighted by atomic mass is 9.84. The molecule has 4 heteroatoms. The van der Waals surface area contributed by atoms with Gasteiger partial charge in [0.1, 0.15) is 0 Å². The van der Waals surface area contributed by atoms with Gasteiger partial charge in [-0.15, -0.1) is 0 Å². The maximum absolute atomic E-state index is 11.6. The number of carbonyl (C=O) groups is 1. The monoisotopic (exact) mass is 230 g/mol. The molecule has 1 fully saturated rings. The van der Waals surface area contributed by atoms with Crippen molar-refractivity contribution in [3.63, 3.8) is 0 Å². The summed E-state index contributed by atoms with van der Waals surface area (Å²) in [5.74, 6) is 0.158. The summed E-state index contributed by atoms with van der Waals surface area (Å²) in [5.41, 5.74) is 0. The normalized spacial score (nSPS) is 20.5. The molecule has 1 N–H and O–H groups in total.